The molecule has 0 spiro atoms. The van der Waals surface area contributed by atoms with Crippen LogP contribution in [0.1, 0.15) is 11.1 Å². The van der Waals surface area contributed by atoms with Gasteiger partial charge in [0, 0.05) is 12.1 Å². The normalized spacial score (nSPS) is 10.8. The predicted octanol–water partition coefficient (Wildman–Crippen LogP) is 6.03. The van der Waals surface area contributed by atoms with Crippen molar-refractivity contribution in [3.63, 3.8) is 0 Å². The fourth-order valence-electron chi connectivity index (χ4n) is 2.87. The minimum atomic E-state index is -0.735. The number of nitriles is 1. The Hall–Kier alpha value is -4.06. The quantitative estimate of drug-likeness (QED) is 0.175. The number of nitrogens with one attached hydrogen (secondary N) is 1. The van der Waals surface area contributed by atoms with Gasteiger partial charge < -0.3 is 14.8 Å². The van der Waals surface area contributed by atoms with Gasteiger partial charge in [-0.2, -0.15) is 5.26 Å². The molecule has 10 heteroatoms. The Balaban J connectivity index is 1.70. The molecular weight excluding hydrogens is 481 g/mol. The number of nitrogens with zero attached hydrogens (tertiary/aromatic N) is 2. The molecule has 0 aromatic heterocycles. The molecule has 1 amide bonds. The summed E-state index contributed by atoms with van der Waals surface area (Å²) in [5, 5.41) is 23.8. The largest absolute Gasteiger partial charge is 0.495 e. The average molecular weight is 498 g/mol. The number of hydrogen-bond acceptors (Lipinski definition) is 6. The van der Waals surface area contributed by atoms with Crippen molar-refractivity contribution in [2.75, 3.05) is 12.4 Å². The lowest BCUT2D eigenvalue weighted by molar-refractivity contribution is -0.384. The first-order valence-electron chi connectivity index (χ1n) is 9.73. The third-order valence-corrected chi connectivity index (χ3v) is 5.33. The smallest absolute Gasteiger partial charge is 0.271 e. The van der Waals surface area contributed by atoms with Crippen molar-refractivity contribution in [3.8, 4) is 17.6 Å². The maximum atomic E-state index is 12.6. The Morgan fingerprint density at radius 1 is 1.12 bits per heavy atom. The number of amides is 1. The van der Waals surface area contributed by atoms with Crippen LogP contribution < -0.4 is 14.8 Å². The first-order valence-corrected chi connectivity index (χ1v) is 10.5. The zero-order valence-electron chi connectivity index (χ0n) is 17.7. The van der Waals surface area contributed by atoms with Crippen LogP contribution in [0.25, 0.3) is 6.08 Å². The number of carbonyl (C=O) groups excluding carboxylic acids is 1. The van der Waals surface area contributed by atoms with E-state index in [1.165, 1.54) is 25.3 Å². The molecule has 0 aliphatic rings. The summed E-state index contributed by atoms with van der Waals surface area (Å²) in [6.45, 7) is 0.281. The van der Waals surface area contributed by atoms with Crippen LogP contribution in [0.3, 0.4) is 0 Å². The molecule has 3 aromatic carbocycles. The van der Waals surface area contributed by atoms with Crippen LogP contribution in [-0.4, -0.2) is 17.9 Å². The van der Waals surface area contributed by atoms with Gasteiger partial charge in [0.2, 0.25) is 0 Å². The summed E-state index contributed by atoms with van der Waals surface area (Å²) in [4.78, 5) is 23.0. The van der Waals surface area contributed by atoms with Crippen LogP contribution in [0.4, 0.5) is 11.4 Å². The van der Waals surface area contributed by atoms with Gasteiger partial charge >= 0.3 is 0 Å². The second-order valence-corrected chi connectivity index (χ2v) is 7.69. The lowest BCUT2D eigenvalue weighted by Gasteiger charge is -2.10. The van der Waals surface area contributed by atoms with E-state index in [9.17, 15) is 20.2 Å². The molecule has 172 valence electrons. The molecule has 0 aliphatic carbocycles. The van der Waals surface area contributed by atoms with Gasteiger partial charge in [-0.25, -0.2) is 0 Å². The van der Waals surface area contributed by atoms with Gasteiger partial charge in [0.15, 0.2) is 0 Å². The molecule has 0 aliphatic heterocycles. The van der Waals surface area contributed by atoms with E-state index in [4.69, 9.17) is 32.7 Å². The Labute approximate surface area is 205 Å². The number of ether oxygens (including phenoxy) is 2. The second-order valence-electron chi connectivity index (χ2n) is 6.87. The molecular formula is C24H17Cl2N3O5. The third kappa shape index (κ3) is 6.25. The van der Waals surface area contributed by atoms with Crippen LogP contribution in [0.2, 0.25) is 10.0 Å². The van der Waals surface area contributed by atoms with E-state index in [-0.39, 0.29) is 29.3 Å². The lowest BCUT2D eigenvalue weighted by Crippen LogP contribution is -2.14. The van der Waals surface area contributed by atoms with E-state index >= 15 is 0 Å². The fraction of sp³-hybridized carbons (Fsp3) is 0.0833. The van der Waals surface area contributed by atoms with E-state index in [0.29, 0.717) is 21.4 Å². The number of methoxy groups -OCH3 is 1. The number of hydrogen-bond donors (Lipinski definition) is 1. The van der Waals surface area contributed by atoms with E-state index in [1.54, 1.807) is 42.5 Å². The van der Waals surface area contributed by atoms with Gasteiger partial charge in [-0.3, -0.25) is 14.9 Å². The Bertz CT molecular complexity index is 1300. The molecule has 0 radical (unpaired) electrons. The van der Waals surface area contributed by atoms with Crippen LogP contribution in [-0.2, 0) is 11.4 Å². The first kappa shape index (κ1) is 24.6. The summed E-state index contributed by atoms with van der Waals surface area (Å²) in [5.74, 6) is 0.0634. The number of anilines is 1. The second kappa shape index (κ2) is 11.2. The Morgan fingerprint density at radius 2 is 1.85 bits per heavy atom. The van der Waals surface area contributed by atoms with Gasteiger partial charge in [-0.05, 0) is 47.5 Å². The number of nitro groups is 1. The number of carbonyl (C=O) groups is 1. The highest BCUT2D eigenvalue weighted by Crippen LogP contribution is 2.29. The van der Waals surface area contributed by atoms with Crippen molar-refractivity contribution < 1.29 is 19.2 Å². The fourth-order valence-corrected chi connectivity index (χ4v) is 3.19. The highest BCUT2D eigenvalue weighted by Gasteiger charge is 2.16. The van der Waals surface area contributed by atoms with Crippen molar-refractivity contribution in [1.82, 2.24) is 0 Å². The number of non-ortho nitro benzene ring substituents is 1. The number of halogens is 2. The lowest BCUT2D eigenvalue weighted by atomic mass is 10.1. The minimum Gasteiger partial charge on any atom is -0.495 e. The van der Waals surface area contributed by atoms with Gasteiger partial charge in [0.25, 0.3) is 11.6 Å². The van der Waals surface area contributed by atoms with Crippen molar-refractivity contribution in [2.24, 2.45) is 0 Å². The third-order valence-electron chi connectivity index (χ3n) is 4.59. The summed E-state index contributed by atoms with van der Waals surface area (Å²) in [7, 11) is 1.36. The molecule has 0 saturated carbocycles. The minimum absolute atomic E-state index is 0.0777. The summed E-state index contributed by atoms with van der Waals surface area (Å²) in [6, 6.07) is 17.6. The Kier molecular flexibility index (Phi) is 8.09. The van der Waals surface area contributed by atoms with Crippen molar-refractivity contribution in [1.29, 1.82) is 5.26 Å². The molecule has 34 heavy (non-hydrogen) atoms. The monoisotopic (exact) mass is 497 g/mol. The molecule has 8 nitrogen and oxygen atoms in total. The SMILES string of the molecule is COc1ccc([N+](=O)[O-])cc1NC(=O)/C(C#N)=C/c1ccc(OCc2ccc(Cl)c(Cl)c2)cc1. The highest BCUT2D eigenvalue weighted by atomic mass is 35.5. The van der Waals surface area contributed by atoms with E-state index < -0.39 is 10.8 Å². The number of nitro benzene ring substituents is 1. The van der Waals surface area contributed by atoms with Gasteiger partial charge in [0.05, 0.1) is 27.8 Å². The number of benzene rings is 3. The van der Waals surface area contributed by atoms with E-state index in [2.05, 4.69) is 5.32 Å². The molecule has 0 fully saturated rings. The zero-order valence-corrected chi connectivity index (χ0v) is 19.3. The maximum Gasteiger partial charge on any atom is 0.271 e. The van der Waals surface area contributed by atoms with Crippen molar-refractivity contribution >= 4 is 46.6 Å². The van der Waals surface area contributed by atoms with E-state index in [1.807, 2.05) is 6.07 Å². The van der Waals surface area contributed by atoms with Crippen LogP contribution in [0.15, 0.2) is 66.2 Å². The van der Waals surface area contributed by atoms with Crippen molar-refractivity contribution in [3.05, 3.63) is 97.5 Å². The number of rotatable bonds is 8. The molecule has 0 saturated heterocycles. The molecule has 0 unspecified atom stereocenters. The summed E-state index contributed by atoms with van der Waals surface area (Å²) < 4.78 is 10.8. The molecule has 3 aromatic rings. The molecule has 3 rings (SSSR count). The van der Waals surface area contributed by atoms with Crippen molar-refractivity contribution in [2.45, 2.75) is 6.61 Å². The topological polar surface area (TPSA) is 114 Å². The molecule has 0 bridgehead atoms. The predicted molar refractivity (Wildman–Crippen MR) is 129 cm³/mol. The van der Waals surface area contributed by atoms with Crippen LogP contribution >= 0.6 is 23.2 Å². The van der Waals surface area contributed by atoms with Gasteiger partial charge in [0.1, 0.15) is 29.7 Å². The first-order chi connectivity index (χ1) is 16.3. The zero-order chi connectivity index (χ0) is 24.7. The summed E-state index contributed by atoms with van der Waals surface area (Å²) in [5.41, 5.74) is 1.08. The van der Waals surface area contributed by atoms with Gasteiger partial charge in [-0.1, -0.05) is 41.4 Å². The van der Waals surface area contributed by atoms with Crippen LogP contribution in [0, 0.1) is 21.4 Å². The highest BCUT2D eigenvalue weighted by molar-refractivity contribution is 6.42. The summed E-state index contributed by atoms with van der Waals surface area (Å²) >= 11 is 11.9. The maximum absolute atomic E-state index is 12.6. The van der Waals surface area contributed by atoms with E-state index in [0.717, 1.165) is 11.6 Å². The molecule has 0 heterocycles. The van der Waals surface area contributed by atoms with Crippen LogP contribution in [0.5, 0.6) is 11.5 Å². The van der Waals surface area contributed by atoms with Gasteiger partial charge in [-0.15, -0.1) is 0 Å². The Morgan fingerprint density at radius 3 is 2.47 bits per heavy atom. The average Bonchev–Trinajstić information content (AvgIpc) is 2.83. The molecule has 1 N–H and O–H groups in total. The summed E-state index contributed by atoms with van der Waals surface area (Å²) in [6.07, 6.45) is 1.39. The standard InChI is InChI=1S/C24H17Cl2N3O5/c1-33-23-9-5-18(29(31)32)12-22(23)28-24(30)17(13-27)10-15-2-6-19(7-3-15)34-14-16-4-8-20(25)21(26)11-16/h2-12H,14H2,1H3,(H,28,30)/b17-10+. The molecule has 0 atom stereocenters.